The van der Waals surface area contributed by atoms with Crippen molar-refractivity contribution in [2.75, 3.05) is 0 Å². The second-order valence-corrected chi connectivity index (χ2v) is 5.07. The molecule has 6 heteroatoms. The average molecular weight is 338 g/mol. The molecule has 0 saturated heterocycles. The van der Waals surface area contributed by atoms with Gasteiger partial charge in [-0.05, 0) is 36.8 Å². The summed E-state index contributed by atoms with van der Waals surface area (Å²) in [5.41, 5.74) is 0.782. The summed E-state index contributed by atoms with van der Waals surface area (Å²) in [5, 5.41) is 20.1. The van der Waals surface area contributed by atoms with E-state index < -0.39 is 11.0 Å². The topological polar surface area (TPSA) is 72.6 Å². The van der Waals surface area contributed by atoms with E-state index in [0.29, 0.717) is 11.5 Å². The third-order valence-corrected chi connectivity index (χ3v) is 3.39. The molecular weight excluding hydrogens is 326 g/mol. The Morgan fingerprint density at radius 1 is 1.20 bits per heavy atom. The average Bonchev–Trinajstić information content (AvgIpc) is 2.39. The maximum atomic E-state index is 10.6. The zero-order valence-corrected chi connectivity index (χ0v) is 12.2. The number of halogens is 1. The predicted molar refractivity (Wildman–Crippen MR) is 77.9 cm³/mol. The van der Waals surface area contributed by atoms with Crippen LogP contribution in [0.3, 0.4) is 0 Å². The molecule has 0 amide bonds. The van der Waals surface area contributed by atoms with E-state index in [2.05, 4.69) is 15.9 Å². The van der Waals surface area contributed by atoms with E-state index in [0.717, 1.165) is 10.0 Å². The lowest BCUT2D eigenvalue weighted by atomic mass is 10.1. The molecule has 1 atom stereocenters. The molecule has 2 aromatic rings. The highest BCUT2D eigenvalue weighted by Crippen LogP contribution is 2.30. The van der Waals surface area contributed by atoms with Crippen LogP contribution in [0.5, 0.6) is 11.5 Å². The molecule has 2 aromatic carbocycles. The smallest absolute Gasteiger partial charge is 0.269 e. The maximum absolute atomic E-state index is 10.6. The normalized spacial score (nSPS) is 11.9. The van der Waals surface area contributed by atoms with Gasteiger partial charge in [-0.2, -0.15) is 0 Å². The Kier molecular flexibility index (Phi) is 4.36. The number of hydrogen-bond donors (Lipinski definition) is 1. The van der Waals surface area contributed by atoms with Gasteiger partial charge in [-0.25, -0.2) is 0 Å². The molecule has 0 heterocycles. The van der Waals surface area contributed by atoms with Gasteiger partial charge in [-0.1, -0.05) is 22.0 Å². The van der Waals surface area contributed by atoms with Crippen LogP contribution in [0, 0.1) is 10.1 Å². The van der Waals surface area contributed by atoms with Gasteiger partial charge in [-0.15, -0.1) is 0 Å². The van der Waals surface area contributed by atoms with Crippen LogP contribution in [-0.4, -0.2) is 10.0 Å². The summed E-state index contributed by atoms with van der Waals surface area (Å²) in [4.78, 5) is 10.1. The van der Waals surface area contributed by atoms with Gasteiger partial charge in [0.25, 0.3) is 5.69 Å². The predicted octanol–water partition coefficient (Wildman–Crippen LogP) is 4.20. The van der Waals surface area contributed by atoms with E-state index >= 15 is 0 Å². The standard InChI is InChI=1S/C14H12BrNO4/c1-9(17)13-7-6-12(8-14(13)15)20-11-4-2-10(3-5-11)16(18)19/h2-9,17H,1H3/t9-/m0/s1. The number of non-ortho nitro benzene ring substituents is 1. The van der Waals surface area contributed by atoms with Gasteiger partial charge in [0.05, 0.1) is 11.0 Å². The van der Waals surface area contributed by atoms with Crippen LogP contribution in [0.25, 0.3) is 0 Å². The van der Waals surface area contributed by atoms with Gasteiger partial charge in [0, 0.05) is 16.6 Å². The van der Waals surface area contributed by atoms with E-state index in [1.807, 2.05) is 0 Å². The molecule has 0 spiro atoms. The minimum atomic E-state index is -0.571. The molecule has 0 aliphatic rings. The minimum absolute atomic E-state index is 0.0167. The Morgan fingerprint density at radius 2 is 1.80 bits per heavy atom. The minimum Gasteiger partial charge on any atom is -0.457 e. The first-order valence-electron chi connectivity index (χ1n) is 5.87. The third kappa shape index (κ3) is 3.34. The van der Waals surface area contributed by atoms with Gasteiger partial charge in [0.15, 0.2) is 0 Å². The van der Waals surface area contributed by atoms with Crippen molar-refractivity contribution < 1.29 is 14.8 Å². The van der Waals surface area contributed by atoms with E-state index in [-0.39, 0.29) is 5.69 Å². The van der Waals surface area contributed by atoms with Crippen LogP contribution >= 0.6 is 15.9 Å². The van der Waals surface area contributed by atoms with Gasteiger partial charge in [0.2, 0.25) is 0 Å². The third-order valence-electron chi connectivity index (χ3n) is 2.71. The van der Waals surface area contributed by atoms with Crippen LogP contribution in [0.1, 0.15) is 18.6 Å². The van der Waals surface area contributed by atoms with Crippen LogP contribution in [0.4, 0.5) is 5.69 Å². The number of nitro groups is 1. The van der Waals surface area contributed by atoms with Crippen molar-refractivity contribution in [2.24, 2.45) is 0 Å². The van der Waals surface area contributed by atoms with E-state index in [9.17, 15) is 15.2 Å². The molecular formula is C14H12BrNO4. The fraction of sp³-hybridized carbons (Fsp3) is 0.143. The quantitative estimate of drug-likeness (QED) is 0.670. The number of nitro benzene ring substituents is 1. The number of hydrogen-bond acceptors (Lipinski definition) is 4. The van der Waals surface area contributed by atoms with E-state index in [1.165, 1.54) is 24.3 Å². The molecule has 0 bridgehead atoms. The zero-order chi connectivity index (χ0) is 14.7. The van der Waals surface area contributed by atoms with E-state index in [4.69, 9.17) is 4.74 Å². The zero-order valence-electron chi connectivity index (χ0n) is 10.6. The monoisotopic (exact) mass is 337 g/mol. The number of rotatable bonds is 4. The summed E-state index contributed by atoms with van der Waals surface area (Å²) in [6.45, 7) is 1.68. The molecule has 2 rings (SSSR count). The molecule has 20 heavy (non-hydrogen) atoms. The van der Waals surface area contributed by atoms with Crippen LogP contribution in [0.15, 0.2) is 46.9 Å². The fourth-order valence-electron chi connectivity index (χ4n) is 1.68. The summed E-state index contributed by atoms with van der Waals surface area (Å²) in [6, 6.07) is 11.1. The Hall–Kier alpha value is -1.92. The summed E-state index contributed by atoms with van der Waals surface area (Å²) in [5.74, 6) is 1.09. The van der Waals surface area contributed by atoms with Crippen molar-refractivity contribution in [3.05, 3.63) is 62.6 Å². The Balaban J connectivity index is 2.17. The van der Waals surface area contributed by atoms with Gasteiger partial charge >= 0.3 is 0 Å². The van der Waals surface area contributed by atoms with Crippen molar-refractivity contribution in [3.8, 4) is 11.5 Å². The second-order valence-electron chi connectivity index (χ2n) is 4.21. The highest BCUT2D eigenvalue weighted by atomic mass is 79.9. The number of nitrogens with zero attached hydrogens (tertiary/aromatic N) is 1. The van der Waals surface area contributed by atoms with Crippen molar-refractivity contribution >= 4 is 21.6 Å². The van der Waals surface area contributed by atoms with Crippen molar-refractivity contribution in [1.29, 1.82) is 0 Å². The lowest BCUT2D eigenvalue weighted by molar-refractivity contribution is -0.384. The number of ether oxygens (including phenoxy) is 1. The van der Waals surface area contributed by atoms with Crippen molar-refractivity contribution in [3.63, 3.8) is 0 Å². The summed E-state index contributed by atoms with van der Waals surface area (Å²) in [6.07, 6.45) is -0.571. The molecule has 1 N–H and O–H groups in total. The molecule has 5 nitrogen and oxygen atoms in total. The van der Waals surface area contributed by atoms with Crippen LogP contribution in [0.2, 0.25) is 0 Å². The first-order chi connectivity index (χ1) is 9.47. The molecule has 0 fully saturated rings. The van der Waals surface area contributed by atoms with Crippen molar-refractivity contribution in [2.45, 2.75) is 13.0 Å². The van der Waals surface area contributed by atoms with Crippen LogP contribution in [-0.2, 0) is 0 Å². The van der Waals surface area contributed by atoms with E-state index in [1.54, 1.807) is 25.1 Å². The highest BCUT2D eigenvalue weighted by molar-refractivity contribution is 9.10. The van der Waals surface area contributed by atoms with Crippen LogP contribution < -0.4 is 4.74 Å². The fourth-order valence-corrected chi connectivity index (χ4v) is 2.37. The summed E-state index contributed by atoms with van der Waals surface area (Å²) >= 11 is 3.36. The molecule has 0 unspecified atom stereocenters. The Morgan fingerprint density at radius 3 is 2.30 bits per heavy atom. The highest BCUT2D eigenvalue weighted by Gasteiger charge is 2.09. The molecule has 0 radical (unpaired) electrons. The van der Waals surface area contributed by atoms with Gasteiger partial charge in [0.1, 0.15) is 11.5 Å². The van der Waals surface area contributed by atoms with Crippen molar-refractivity contribution in [1.82, 2.24) is 0 Å². The molecule has 0 aliphatic carbocycles. The lowest BCUT2D eigenvalue weighted by Crippen LogP contribution is -1.93. The SMILES string of the molecule is C[C@H](O)c1ccc(Oc2ccc([N+](=O)[O-])cc2)cc1Br. The Labute approximate surface area is 124 Å². The van der Waals surface area contributed by atoms with Gasteiger partial charge < -0.3 is 9.84 Å². The number of aliphatic hydroxyl groups is 1. The van der Waals surface area contributed by atoms with Gasteiger partial charge in [-0.3, -0.25) is 10.1 Å². The summed E-state index contributed by atoms with van der Waals surface area (Å²) < 4.78 is 6.34. The molecule has 104 valence electrons. The molecule has 0 aliphatic heterocycles. The lowest BCUT2D eigenvalue weighted by Gasteiger charge is -2.10. The molecule has 0 aromatic heterocycles. The number of aliphatic hydroxyl groups excluding tert-OH is 1. The number of benzene rings is 2. The molecule has 0 saturated carbocycles. The summed E-state index contributed by atoms with van der Waals surface area (Å²) in [7, 11) is 0. The maximum Gasteiger partial charge on any atom is 0.269 e. The first kappa shape index (κ1) is 14.5. The Bertz CT molecular complexity index is 626. The first-order valence-corrected chi connectivity index (χ1v) is 6.66. The largest absolute Gasteiger partial charge is 0.457 e. The second kappa shape index (κ2) is 6.02.